The predicted molar refractivity (Wildman–Crippen MR) is 114 cm³/mol. The number of hydrogen-bond acceptors (Lipinski definition) is 9. The highest BCUT2D eigenvalue weighted by Gasteiger charge is 2.60. The molecule has 4 rings (SSSR count). The van der Waals surface area contributed by atoms with Crippen molar-refractivity contribution in [3.8, 4) is 0 Å². The molecule has 2 fully saturated rings. The maximum absolute atomic E-state index is 12.4. The second-order valence-corrected chi connectivity index (χ2v) is 10.4. The fourth-order valence-electron chi connectivity index (χ4n) is 4.45. The molecule has 2 N–H and O–H groups in total. The number of hydrogen-bond donors (Lipinski definition) is 2. The van der Waals surface area contributed by atoms with Gasteiger partial charge in [-0.15, -0.1) is 11.8 Å². The van der Waals surface area contributed by atoms with Crippen molar-refractivity contribution in [3.05, 3.63) is 10.6 Å². The van der Waals surface area contributed by atoms with E-state index in [-0.39, 0.29) is 41.6 Å². The lowest BCUT2D eigenvalue weighted by atomic mass is 9.79. The van der Waals surface area contributed by atoms with Crippen molar-refractivity contribution in [2.75, 3.05) is 39.4 Å². The van der Waals surface area contributed by atoms with E-state index in [0.29, 0.717) is 6.61 Å². The number of aliphatic hydroxyl groups excluding tert-OH is 1. The minimum Gasteiger partial charge on any atom is -0.477 e. The first-order chi connectivity index (χ1) is 14.3. The minimum absolute atomic E-state index is 0.0899. The molecule has 0 unspecified atom stereocenters. The average Bonchev–Trinajstić information content (AvgIpc) is 3.19. The summed E-state index contributed by atoms with van der Waals surface area (Å²) in [6.07, 6.45) is -0.780. The Morgan fingerprint density at radius 2 is 2.17 bits per heavy atom. The summed E-state index contributed by atoms with van der Waals surface area (Å²) in [5, 5.41) is 20.9. The lowest BCUT2D eigenvalue weighted by molar-refractivity contribution is -0.163. The molecule has 0 aromatic heterocycles. The van der Waals surface area contributed by atoms with Gasteiger partial charge in [0.1, 0.15) is 12.5 Å². The summed E-state index contributed by atoms with van der Waals surface area (Å²) < 4.78 is 10.3. The number of nitrogens with zero attached hydrogens (tertiary/aromatic N) is 3. The zero-order valence-electron chi connectivity index (χ0n) is 17.2. The van der Waals surface area contributed by atoms with Crippen LogP contribution in [0.1, 0.15) is 13.8 Å². The molecule has 2 saturated heterocycles. The highest BCUT2D eigenvalue weighted by molar-refractivity contribution is 8.14. The van der Waals surface area contributed by atoms with Gasteiger partial charge in [0.15, 0.2) is 5.17 Å². The number of fused-ring (bicyclic) bond motifs is 1. The van der Waals surface area contributed by atoms with Crippen LogP contribution < -0.4 is 0 Å². The number of β-lactam (4-membered cyclic amide) rings is 1. The number of aliphatic hydroxyl groups is 1. The molecule has 4 heterocycles. The van der Waals surface area contributed by atoms with Gasteiger partial charge in [0.2, 0.25) is 5.91 Å². The van der Waals surface area contributed by atoms with Gasteiger partial charge < -0.3 is 29.5 Å². The van der Waals surface area contributed by atoms with Gasteiger partial charge in [-0.3, -0.25) is 9.79 Å². The summed E-state index contributed by atoms with van der Waals surface area (Å²) in [7, 11) is 1.59. The number of carbonyl (C=O) groups is 2. The summed E-state index contributed by atoms with van der Waals surface area (Å²) >= 11 is 3.27. The number of carboxylic acid groups (broad SMARTS) is 1. The van der Waals surface area contributed by atoms with Crippen LogP contribution in [-0.4, -0.2) is 99.8 Å². The van der Waals surface area contributed by atoms with Gasteiger partial charge in [-0.05, 0) is 6.92 Å². The van der Waals surface area contributed by atoms with Gasteiger partial charge in [-0.2, -0.15) is 0 Å². The summed E-state index contributed by atoms with van der Waals surface area (Å²) in [4.78, 5) is 33.4. The van der Waals surface area contributed by atoms with E-state index in [2.05, 4.69) is 4.90 Å². The quantitative estimate of drug-likeness (QED) is 0.308. The Morgan fingerprint density at radius 1 is 1.43 bits per heavy atom. The van der Waals surface area contributed by atoms with Crippen molar-refractivity contribution in [3.63, 3.8) is 0 Å². The predicted octanol–water partition coefficient (Wildman–Crippen LogP) is 0.649. The number of amides is 1. The Kier molecular flexibility index (Phi) is 6.36. The fraction of sp³-hybridized carbons (Fsp3) is 0.737. The molecule has 11 heteroatoms. The molecular formula is C19H27N3O6S2. The molecule has 4 aliphatic heterocycles. The molecule has 0 radical (unpaired) electrons. The molecule has 0 aliphatic carbocycles. The normalized spacial score (nSPS) is 32.1. The van der Waals surface area contributed by atoms with Crippen molar-refractivity contribution in [1.29, 1.82) is 0 Å². The number of likely N-dealkylation sites (tertiary alicyclic amines) is 1. The Balaban J connectivity index is 1.36. The molecule has 9 nitrogen and oxygen atoms in total. The Hall–Kier alpha value is -1.27. The van der Waals surface area contributed by atoms with E-state index in [1.807, 2.05) is 6.92 Å². The van der Waals surface area contributed by atoms with Crippen molar-refractivity contribution >= 4 is 40.6 Å². The van der Waals surface area contributed by atoms with Crippen LogP contribution in [0.25, 0.3) is 0 Å². The Labute approximate surface area is 183 Å². The molecule has 30 heavy (non-hydrogen) atoms. The van der Waals surface area contributed by atoms with E-state index >= 15 is 0 Å². The number of thioether (sulfide) groups is 2. The zero-order chi connectivity index (χ0) is 21.6. The summed E-state index contributed by atoms with van der Waals surface area (Å²) in [6.45, 7) is 5.95. The number of amidine groups is 1. The number of aliphatic carboxylic acids is 1. The Morgan fingerprint density at radius 3 is 2.80 bits per heavy atom. The molecule has 166 valence electrons. The van der Waals surface area contributed by atoms with Gasteiger partial charge in [0.25, 0.3) is 0 Å². The fourth-order valence-corrected chi connectivity index (χ4v) is 7.04. The third-order valence-corrected chi connectivity index (χ3v) is 8.56. The third kappa shape index (κ3) is 3.75. The van der Waals surface area contributed by atoms with Crippen LogP contribution in [0.2, 0.25) is 0 Å². The molecule has 0 bridgehead atoms. The molecular weight excluding hydrogens is 430 g/mol. The van der Waals surface area contributed by atoms with Crippen LogP contribution >= 0.6 is 23.5 Å². The van der Waals surface area contributed by atoms with Crippen LogP contribution in [0, 0.1) is 11.8 Å². The number of carboxylic acids is 1. The second-order valence-electron chi connectivity index (χ2n) is 8.07. The van der Waals surface area contributed by atoms with E-state index in [1.54, 1.807) is 37.6 Å². The van der Waals surface area contributed by atoms with Crippen LogP contribution in [0.15, 0.2) is 15.6 Å². The largest absolute Gasteiger partial charge is 0.477 e. The van der Waals surface area contributed by atoms with Gasteiger partial charge in [0, 0.05) is 42.0 Å². The van der Waals surface area contributed by atoms with Crippen LogP contribution in [0.5, 0.6) is 0 Å². The first-order valence-corrected chi connectivity index (χ1v) is 11.9. The topological polar surface area (TPSA) is 112 Å². The summed E-state index contributed by atoms with van der Waals surface area (Å²) in [5.41, 5.74) is 0.0980. The monoisotopic (exact) mass is 457 g/mol. The van der Waals surface area contributed by atoms with Crippen molar-refractivity contribution in [1.82, 2.24) is 9.80 Å². The highest BCUT2D eigenvalue weighted by Crippen LogP contribution is 2.52. The SMILES string of the molecule is COCOC[C@@H]1CSC(N2CC(SC3=C(C(=O)O)N4C(=O)[C@H]([C@@H](C)O)[C@H]4[C@H]3C)C2)=N1. The minimum atomic E-state index is -1.07. The number of rotatable bonds is 8. The van der Waals surface area contributed by atoms with Gasteiger partial charge in [0.05, 0.1) is 30.7 Å². The van der Waals surface area contributed by atoms with Crippen LogP contribution in [0.3, 0.4) is 0 Å². The van der Waals surface area contributed by atoms with Crippen LogP contribution in [-0.2, 0) is 19.1 Å². The van der Waals surface area contributed by atoms with E-state index in [1.165, 1.54) is 4.90 Å². The lowest BCUT2D eigenvalue weighted by Gasteiger charge is -2.46. The van der Waals surface area contributed by atoms with E-state index in [0.717, 1.165) is 28.9 Å². The molecule has 4 aliphatic rings. The maximum Gasteiger partial charge on any atom is 0.353 e. The number of ether oxygens (including phenoxy) is 2. The number of carbonyl (C=O) groups excluding carboxylic acids is 1. The van der Waals surface area contributed by atoms with Gasteiger partial charge in [-0.1, -0.05) is 18.7 Å². The van der Waals surface area contributed by atoms with Crippen LogP contribution in [0.4, 0.5) is 0 Å². The van der Waals surface area contributed by atoms with Crippen molar-refractivity contribution in [2.45, 2.75) is 37.3 Å². The standard InChI is InChI=1S/C19H27N3O6S2/c1-9-14-13(10(2)23)17(24)22(14)15(18(25)26)16(9)30-12-4-21(5-12)19-20-11(7-29-19)6-28-8-27-3/h9-14,23H,4-8H2,1-3H3,(H,25,26)/t9-,10-,11-,13-,14-/m1/s1. The molecule has 0 aromatic carbocycles. The van der Waals surface area contributed by atoms with Gasteiger partial charge >= 0.3 is 5.97 Å². The number of aliphatic imine (C=N–C) groups is 1. The smallest absolute Gasteiger partial charge is 0.353 e. The first kappa shape index (κ1) is 21.9. The average molecular weight is 458 g/mol. The lowest BCUT2D eigenvalue weighted by Crippen LogP contribution is -2.63. The zero-order valence-corrected chi connectivity index (χ0v) is 18.8. The van der Waals surface area contributed by atoms with E-state index < -0.39 is 18.0 Å². The maximum atomic E-state index is 12.4. The first-order valence-electron chi connectivity index (χ1n) is 10.0. The summed E-state index contributed by atoms with van der Waals surface area (Å²) in [6, 6.07) is -0.125. The molecule has 0 spiro atoms. The molecule has 1 amide bonds. The third-order valence-electron chi connectivity index (χ3n) is 5.93. The van der Waals surface area contributed by atoms with E-state index in [9.17, 15) is 19.8 Å². The molecule has 0 saturated carbocycles. The highest BCUT2D eigenvalue weighted by atomic mass is 32.2. The molecule has 5 atom stereocenters. The van der Waals surface area contributed by atoms with Gasteiger partial charge in [-0.25, -0.2) is 4.79 Å². The number of methoxy groups -OCH3 is 1. The second kappa shape index (κ2) is 8.70. The van der Waals surface area contributed by atoms with E-state index in [4.69, 9.17) is 14.5 Å². The Bertz CT molecular complexity index is 782. The van der Waals surface area contributed by atoms with Crippen molar-refractivity contribution in [2.24, 2.45) is 16.8 Å². The van der Waals surface area contributed by atoms with Crippen molar-refractivity contribution < 1.29 is 29.3 Å². The summed E-state index contributed by atoms with van der Waals surface area (Å²) in [5.74, 6) is -1.09. The molecule has 0 aromatic rings.